The number of ether oxygens (including phenoxy) is 1. The molecular weight excluding hydrogens is 208 g/mol. The molecule has 0 aromatic heterocycles. The van der Waals surface area contributed by atoms with Crippen molar-refractivity contribution in [2.75, 3.05) is 6.61 Å². The second-order valence-corrected chi connectivity index (χ2v) is 4.02. The zero-order chi connectivity index (χ0) is 12.6. The van der Waals surface area contributed by atoms with Gasteiger partial charge in [0.15, 0.2) is 5.41 Å². The van der Waals surface area contributed by atoms with Crippen LogP contribution in [0.5, 0.6) is 0 Å². The normalized spacial score (nSPS) is 11.2. The number of hydrogen-bond donors (Lipinski definition) is 1. The van der Waals surface area contributed by atoms with E-state index >= 15 is 0 Å². The fourth-order valence-corrected chi connectivity index (χ4v) is 1.82. The third-order valence-electron chi connectivity index (χ3n) is 2.59. The van der Waals surface area contributed by atoms with Crippen LogP contribution >= 0.6 is 0 Å². The summed E-state index contributed by atoms with van der Waals surface area (Å²) in [5.41, 5.74) is -1.33. The van der Waals surface area contributed by atoms with E-state index in [2.05, 4.69) is 0 Å². The molecule has 0 rings (SSSR count). The number of carbonyl (C=O) groups excluding carboxylic acids is 1. The Kier molecular flexibility index (Phi) is 6.77. The van der Waals surface area contributed by atoms with Crippen LogP contribution in [0, 0.1) is 5.41 Å². The molecule has 0 aromatic rings. The molecule has 1 N–H and O–H groups in total. The molecule has 0 spiro atoms. The molecule has 0 aromatic carbocycles. The van der Waals surface area contributed by atoms with Gasteiger partial charge in [0.25, 0.3) is 0 Å². The van der Waals surface area contributed by atoms with Gasteiger partial charge in [0.1, 0.15) is 0 Å². The van der Waals surface area contributed by atoms with Crippen molar-refractivity contribution in [1.29, 1.82) is 0 Å². The number of esters is 1. The van der Waals surface area contributed by atoms with Crippen LogP contribution in [-0.2, 0) is 14.3 Å². The number of carboxylic acids is 1. The molecule has 0 aliphatic rings. The van der Waals surface area contributed by atoms with Crippen LogP contribution in [-0.4, -0.2) is 23.7 Å². The lowest BCUT2D eigenvalue weighted by Crippen LogP contribution is -2.40. The van der Waals surface area contributed by atoms with Crippen LogP contribution < -0.4 is 0 Å². The highest BCUT2D eigenvalue weighted by Gasteiger charge is 2.45. The summed E-state index contributed by atoms with van der Waals surface area (Å²) in [7, 11) is 0. The Labute approximate surface area is 97.0 Å². The predicted molar refractivity (Wildman–Crippen MR) is 61.1 cm³/mol. The molecule has 4 nitrogen and oxygen atoms in total. The summed E-state index contributed by atoms with van der Waals surface area (Å²) in [6, 6.07) is 0. The molecular formula is C12H22O4. The summed E-state index contributed by atoms with van der Waals surface area (Å²) in [6.45, 7) is 5.93. The van der Waals surface area contributed by atoms with Gasteiger partial charge < -0.3 is 9.84 Å². The SMILES string of the molecule is CCCOC(=O)C(CCC)(CCC)C(=O)O. The second kappa shape index (κ2) is 7.25. The highest BCUT2D eigenvalue weighted by Crippen LogP contribution is 2.32. The quantitative estimate of drug-likeness (QED) is 0.514. The maximum Gasteiger partial charge on any atom is 0.323 e. The Hall–Kier alpha value is -1.06. The van der Waals surface area contributed by atoms with E-state index in [9.17, 15) is 14.7 Å². The fraction of sp³-hybridized carbons (Fsp3) is 0.833. The first kappa shape index (κ1) is 14.9. The first-order valence-electron chi connectivity index (χ1n) is 5.95. The Balaban J connectivity index is 4.85. The smallest absolute Gasteiger partial charge is 0.323 e. The summed E-state index contributed by atoms with van der Waals surface area (Å²) >= 11 is 0. The van der Waals surface area contributed by atoms with Crippen molar-refractivity contribution < 1.29 is 19.4 Å². The highest BCUT2D eigenvalue weighted by atomic mass is 16.5. The predicted octanol–water partition coefficient (Wildman–Crippen LogP) is 2.61. The van der Waals surface area contributed by atoms with E-state index in [1.165, 1.54) is 0 Å². The monoisotopic (exact) mass is 230 g/mol. The lowest BCUT2D eigenvalue weighted by molar-refractivity contribution is -0.170. The number of aliphatic carboxylic acids is 1. The number of hydrogen-bond acceptors (Lipinski definition) is 3. The van der Waals surface area contributed by atoms with E-state index in [0.29, 0.717) is 38.7 Å². The summed E-state index contributed by atoms with van der Waals surface area (Å²) < 4.78 is 5.00. The number of carboxylic acid groups (broad SMARTS) is 1. The second-order valence-electron chi connectivity index (χ2n) is 4.02. The van der Waals surface area contributed by atoms with Gasteiger partial charge in [-0.2, -0.15) is 0 Å². The van der Waals surface area contributed by atoms with Crippen molar-refractivity contribution in [3.8, 4) is 0 Å². The summed E-state index contributed by atoms with van der Waals surface area (Å²) in [5, 5.41) is 9.25. The van der Waals surface area contributed by atoms with Crippen molar-refractivity contribution >= 4 is 11.9 Å². The van der Waals surface area contributed by atoms with Crippen LogP contribution in [0.4, 0.5) is 0 Å². The Morgan fingerprint density at radius 1 is 1.06 bits per heavy atom. The van der Waals surface area contributed by atoms with Crippen molar-refractivity contribution in [3.05, 3.63) is 0 Å². The minimum absolute atomic E-state index is 0.293. The molecule has 0 aliphatic heterocycles. The Bertz CT molecular complexity index is 229. The van der Waals surface area contributed by atoms with Gasteiger partial charge in [0.2, 0.25) is 0 Å². The largest absolute Gasteiger partial charge is 0.480 e. The van der Waals surface area contributed by atoms with Gasteiger partial charge in [-0.25, -0.2) is 0 Å². The molecule has 4 heteroatoms. The molecule has 0 saturated carbocycles. The van der Waals surface area contributed by atoms with E-state index in [1.54, 1.807) is 0 Å². The molecule has 0 atom stereocenters. The maximum atomic E-state index is 11.8. The number of carbonyl (C=O) groups is 2. The van der Waals surface area contributed by atoms with Gasteiger partial charge in [-0.1, -0.05) is 33.6 Å². The fourth-order valence-electron chi connectivity index (χ4n) is 1.82. The third kappa shape index (κ3) is 3.51. The average molecular weight is 230 g/mol. The minimum Gasteiger partial charge on any atom is -0.480 e. The van der Waals surface area contributed by atoms with Gasteiger partial charge in [-0.3, -0.25) is 9.59 Å². The molecule has 0 heterocycles. The molecule has 0 fully saturated rings. The topological polar surface area (TPSA) is 63.6 Å². The molecule has 0 radical (unpaired) electrons. The van der Waals surface area contributed by atoms with Gasteiger partial charge in [-0.05, 0) is 19.3 Å². The summed E-state index contributed by atoms with van der Waals surface area (Å²) in [6.07, 6.45) is 2.72. The molecule has 16 heavy (non-hydrogen) atoms. The Morgan fingerprint density at radius 3 is 1.88 bits per heavy atom. The zero-order valence-electron chi connectivity index (χ0n) is 10.4. The molecule has 94 valence electrons. The lowest BCUT2D eigenvalue weighted by Gasteiger charge is -2.26. The van der Waals surface area contributed by atoms with Crippen LogP contribution in [0.2, 0.25) is 0 Å². The van der Waals surface area contributed by atoms with Gasteiger partial charge in [-0.15, -0.1) is 0 Å². The maximum absolute atomic E-state index is 11.8. The van der Waals surface area contributed by atoms with E-state index in [1.807, 2.05) is 20.8 Å². The molecule has 0 saturated heterocycles. The third-order valence-corrected chi connectivity index (χ3v) is 2.59. The van der Waals surface area contributed by atoms with Crippen molar-refractivity contribution in [2.24, 2.45) is 5.41 Å². The van der Waals surface area contributed by atoms with E-state index < -0.39 is 17.4 Å². The molecule has 0 aliphatic carbocycles. The van der Waals surface area contributed by atoms with Gasteiger partial charge in [0.05, 0.1) is 6.61 Å². The van der Waals surface area contributed by atoms with Crippen LogP contribution in [0.25, 0.3) is 0 Å². The molecule has 0 amide bonds. The van der Waals surface area contributed by atoms with Gasteiger partial charge >= 0.3 is 11.9 Å². The highest BCUT2D eigenvalue weighted by molar-refractivity contribution is 5.99. The van der Waals surface area contributed by atoms with E-state index in [-0.39, 0.29) is 0 Å². The van der Waals surface area contributed by atoms with Crippen molar-refractivity contribution in [2.45, 2.75) is 52.9 Å². The summed E-state index contributed by atoms with van der Waals surface area (Å²) in [4.78, 5) is 23.1. The molecule has 0 unspecified atom stereocenters. The van der Waals surface area contributed by atoms with Crippen molar-refractivity contribution in [1.82, 2.24) is 0 Å². The average Bonchev–Trinajstić information content (AvgIpc) is 2.24. The van der Waals surface area contributed by atoms with Crippen LogP contribution in [0.3, 0.4) is 0 Å². The van der Waals surface area contributed by atoms with Gasteiger partial charge in [0, 0.05) is 0 Å². The Morgan fingerprint density at radius 2 is 1.56 bits per heavy atom. The van der Waals surface area contributed by atoms with Crippen molar-refractivity contribution in [3.63, 3.8) is 0 Å². The first-order chi connectivity index (χ1) is 7.55. The first-order valence-corrected chi connectivity index (χ1v) is 5.95. The van der Waals surface area contributed by atoms with E-state index in [4.69, 9.17) is 4.74 Å². The zero-order valence-corrected chi connectivity index (χ0v) is 10.4. The standard InChI is InChI=1S/C12H22O4/c1-4-7-12(8-5-2,10(13)14)11(15)16-9-6-3/h4-9H2,1-3H3,(H,13,14). The number of rotatable bonds is 8. The molecule has 0 bridgehead atoms. The minimum atomic E-state index is -1.33. The van der Waals surface area contributed by atoms with Crippen LogP contribution in [0.15, 0.2) is 0 Å². The lowest BCUT2D eigenvalue weighted by atomic mass is 9.79. The van der Waals surface area contributed by atoms with Crippen LogP contribution in [0.1, 0.15) is 52.9 Å². The van der Waals surface area contributed by atoms with E-state index in [0.717, 1.165) is 0 Å². The summed E-state index contributed by atoms with van der Waals surface area (Å²) in [5.74, 6) is -1.64.